The van der Waals surface area contributed by atoms with Crippen LogP contribution in [0.5, 0.6) is 0 Å². The lowest BCUT2D eigenvalue weighted by Gasteiger charge is -2.44. The lowest BCUT2D eigenvalue weighted by molar-refractivity contribution is 0.0372. The van der Waals surface area contributed by atoms with Gasteiger partial charge in [0.15, 0.2) is 0 Å². The van der Waals surface area contributed by atoms with Crippen LogP contribution < -0.4 is 5.63 Å². The van der Waals surface area contributed by atoms with Gasteiger partial charge in [0.25, 0.3) is 5.91 Å². The lowest BCUT2D eigenvalue weighted by Crippen LogP contribution is -2.63. The Hall–Kier alpha value is -3.61. The van der Waals surface area contributed by atoms with E-state index in [1.807, 2.05) is 36.4 Å². The number of hydrogen-bond donors (Lipinski definition) is 0. The normalized spacial score (nSPS) is 20.9. The SMILES string of the molecule is O=C(c1cc2ccccc2oc1=O)N1CCN2C(=O)OCC2(Cc2ccccc2)C1. The van der Waals surface area contributed by atoms with E-state index in [0.29, 0.717) is 37.0 Å². The minimum absolute atomic E-state index is 0.00209. The fourth-order valence-corrected chi connectivity index (χ4v) is 4.39. The van der Waals surface area contributed by atoms with Crippen molar-refractivity contribution in [3.05, 3.63) is 82.2 Å². The summed E-state index contributed by atoms with van der Waals surface area (Å²) in [6.07, 6.45) is 0.207. The first kappa shape index (κ1) is 18.4. The molecular weight excluding hydrogens is 384 g/mol. The predicted molar refractivity (Wildman–Crippen MR) is 109 cm³/mol. The van der Waals surface area contributed by atoms with Gasteiger partial charge in [-0.1, -0.05) is 48.5 Å². The summed E-state index contributed by atoms with van der Waals surface area (Å²) in [5.41, 5.74) is 0.197. The molecule has 3 aromatic rings. The van der Waals surface area contributed by atoms with Gasteiger partial charge in [-0.25, -0.2) is 9.59 Å². The summed E-state index contributed by atoms with van der Waals surface area (Å²) in [6.45, 7) is 1.18. The molecule has 2 aromatic carbocycles. The summed E-state index contributed by atoms with van der Waals surface area (Å²) in [7, 11) is 0. The van der Waals surface area contributed by atoms with Gasteiger partial charge in [0.1, 0.15) is 23.3 Å². The Bertz CT molecular complexity index is 1190. The third-order valence-corrected chi connectivity index (χ3v) is 5.87. The molecule has 2 saturated heterocycles. The second kappa shape index (κ2) is 7.02. The van der Waals surface area contributed by atoms with E-state index in [-0.39, 0.29) is 24.2 Å². The van der Waals surface area contributed by atoms with E-state index in [0.717, 1.165) is 5.56 Å². The van der Waals surface area contributed by atoms with E-state index in [9.17, 15) is 14.4 Å². The van der Waals surface area contributed by atoms with Crippen LogP contribution in [0.3, 0.4) is 0 Å². The quantitative estimate of drug-likeness (QED) is 0.627. The van der Waals surface area contributed by atoms with Crippen molar-refractivity contribution in [3.63, 3.8) is 0 Å². The van der Waals surface area contributed by atoms with Gasteiger partial charge in [-0.2, -0.15) is 0 Å². The van der Waals surface area contributed by atoms with Crippen LogP contribution in [0.15, 0.2) is 69.9 Å². The van der Waals surface area contributed by atoms with E-state index in [4.69, 9.17) is 9.15 Å². The van der Waals surface area contributed by atoms with Gasteiger partial charge >= 0.3 is 11.7 Å². The molecule has 7 heteroatoms. The second-order valence-electron chi connectivity index (χ2n) is 7.81. The molecule has 0 spiro atoms. The molecule has 0 saturated carbocycles. The van der Waals surface area contributed by atoms with Crippen LogP contribution in [0.2, 0.25) is 0 Å². The Kier molecular flexibility index (Phi) is 4.31. The highest BCUT2D eigenvalue weighted by Gasteiger charge is 2.51. The number of benzene rings is 2. The summed E-state index contributed by atoms with van der Waals surface area (Å²) < 4.78 is 10.7. The molecule has 0 radical (unpaired) electrons. The maximum Gasteiger partial charge on any atom is 0.410 e. The number of piperazine rings is 1. The molecule has 0 bridgehead atoms. The third kappa shape index (κ3) is 3.03. The van der Waals surface area contributed by atoms with Crippen LogP contribution in [-0.4, -0.2) is 53.6 Å². The summed E-state index contributed by atoms with van der Waals surface area (Å²) in [6, 6.07) is 18.5. The summed E-state index contributed by atoms with van der Waals surface area (Å²) in [5, 5.41) is 0.692. The van der Waals surface area contributed by atoms with E-state index in [1.54, 1.807) is 34.1 Å². The van der Waals surface area contributed by atoms with Gasteiger partial charge in [0.2, 0.25) is 0 Å². The lowest BCUT2D eigenvalue weighted by atomic mass is 9.88. The molecule has 2 aliphatic heterocycles. The number of carbonyl (C=O) groups is 2. The first-order chi connectivity index (χ1) is 14.6. The summed E-state index contributed by atoms with van der Waals surface area (Å²) >= 11 is 0. The molecule has 1 aromatic heterocycles. The van der Waals surface area contributed by atoms with Gasteiger partial charge < -0.3 is 14.1 Å². The minimum atomic E-state index is -0.656. The zero-order chi connectivity index (χ0) is 20.7. The molecule has 30 heavy (non-hydrogen) atoms. The third-order valence-electron chi connectivity index (χ3n) is 5.87. The number of hydrogen-bond acceptors (Lipinski definition) is 5. The zero-order valence-electron chi connectivity index (χ0n) is 16.2. The number of carbonyl (C=O) groups excluding carboxylic acids is 2. The standard InChI is InChI=1S/C23H20N2O5/c26-20(18-12-17-8-4-5-9-19(17)30-21(18)27)24-10-11-25-22(28)29-15-23(25,14-24)13-16-6-2-1-3-7-16/h1-9,12H,10-11,13-15H2. The first-order valence-corrected chi connectivity index (χ1v) is 9.86. The molecule has 152 valence electrons. The number of ether oxygens (including phenoxy) is 1. The first-order valence-electron chi connectivity index (χ1n) is 9.86. The molecule has 1 atom stereocenters. The molecule has 0 N–H and O–H groups in total. The number of para-hydroxylation sites is 1. The van der Waals surface area contributed by atoms with Crippen LogP contribution in [0.4, 0.5) is 4.79 Å². The minimum Gasteiger partial charge on any atom is -0.447 e. The van der Waals surface area contributed by atoms with Gasteiger partial charge in [-0.3, -0.25) is 9.69 Å². The topological polar surface area (TPSA) is 80.1 Å². The van der Waals surface area contributed by atoms with Crippen LogP contribution >= 0.6 is 0 Å². The molecule has 1 unspecified atom stereocenters. The van der Waals surface area contributed by atoms with E-state index < -0.39 is 11.2 Å². The average molecular weight is 404 g/mol. The Labute approximate surface area is 172 Å². The van der Waals surface area contributed by atoms with E-state index in [2.05, 4.69) is 0 Å². The van der Waals surface area contributed by atoms with Crippen molar-refractivity contribution < 1.29 is 18.7 Å². The highest BCUT2D eigenvalue weighted by molar-refractivity contribution is 5.97. The largest absolute Gasteiger partial charge is 0.447 e. The molecule has 7 nitrogen and oxygen atoms in total. The second-order valence-corrected chi connectivity index (χ2v) is 7.81. The molecule has 3 heterocycles. The molecular formula is C23H20N2O5. The number of nitrogens with zero attached hydrogens (tertiary/aromatic N) is 2. The molecule has 5 rings (SSSR count). The van der Waals surface area contributed by atoms with Crippen molar-refractivity contribution in [1.29, 1.82) is 0 Å². The van der Waals surface area contributed by atoms with Crippen LogP contribution in [0.1, 0.15) is 15.9 Å². The maximum absolute atomic E-state index is 13.3. The summed E-state index contributed by atoms with van der Waals surface area (Å²) in [5.74, 6) is -0.388. The van der Waals surface area contributed by atoms with Crippen molar-refractivity contribution in [2.75, 3.05) is 26.2 Å². The highest BCUT2D eigenvalue weighted by Crippen LogP contribution is 2.33. The van der Waals surface area contributed by atoms with Gasteiger partial charge in [-0.05, 0) is 17.7 Å². The molecule has 2 aliphatic rings. The Balaban J connectivity index is 1.47. The monoisotopic (exact) mass is 404 g/mol. The smallest absolute Gasteiger partial charge is 0.410 e. The predicted octanol–water partition coefficient (Wildman–Crippen LogP) is 2.68. The van der Waals surface area contributed by atoms with Crippen molar-refractivity contribution in [3.8, 4) is 0 Å². The summed E-state index contributed by atoms with van der Waals surface area (Å²) in [4.78, 5) is 41.3. The van der Waals surface area contributed by atoms with Crippen molar-refractivity contribution >= 4 is 23.0 Å². The highest BCUT2D eigenvalue weighted by atomic mass is 16.6. The van der Waals surface area contributed by atoms with Crippen molar-refractivity contribution in [2.45, 2.75) is 12.0 Å². The van der Waals surface area contributed by atoms with E-state index >= 15 is 0 Å². The van der Waals surface area contributed by atoms with Crippen LogP contribution in [0.25, 0.3) is 11.0 Å². The fraction of sp³-hybridized carbons (Fsp3) is 0.261. The zero-order valence-corrected chi connectivity index (χ0v) is 16.2. The van der Waals surface area contributed by atoms with Gasteiger partial charge in [0.05, 0.1) is 0 Å². The van der Waals surface area contributed by atoms with E-state index in [1.165, 1.54) is 0 Å². The van der Waals surface area contributed by atoms with Crippen LogP contribution in [-0.2, 0) is 11.2 Å². The Morgan fingerprint density at radius 3 is 2.60 bits per heavy atom. The van der Waals surface area contributed by atoms with Gasteiger partial charge in [-0.15, -0.1) is 0 Å². The maximum atomic E-state index is 13.3. The molecule has 0 aliphatic carbocycles. The fourth-order valence-electron chi connectivity index (χ4n) is 4.39. The average Bonchev–Trinajstić information content (AvgIpc) is 3.09. The molecule has 2 amide bonds. The number of cyclic esters (lactones) is 1. The Morgan fingerprint density at radius 1 is 1.00 bits per heavy atom. The Morgan fingerprint density at radius 2 is 1.77 bits per heavy atom. The number of rotatable bonds is 3. The van der Waals surface area contributed by atoms with Crippen molar-refractivity contribution in [1.82, 2.24) is 9.80 Å². The van der Waals surface area contributed by atoms with Gasteiger partial charge in [0, 0.05) is 31.4 Å². The number of fused-ring (bicyclic) bond motifs is 2. The van der Waals surface area contributed by atoms with Crippen LogP contribution in [0, 0.1) is 0 Å². The molecule has 2 fully saturated rings. The number of amides is 2. The van der Waals surface area contributed by atoms with Crippen molar-refractivity contribution in [2.24, 2.45) is 0 Å².